The Bertz CT molecular complexity index is 673. The maximum Gasteiger partial charge on any atom is 0.394 e. The van der Waals surface area contributed by atoms with Crippen molar-refractivity contribution in [3.63, 3.8) is 0 Å². The zero-order valence-electron chi connectivity index (χ0n) is 17.4. The summed E-state index contributed by atoms with van der Waals surface area (Å²) in [4.78, 5) is 12.2. The van der Waals surface area contributed by atoms with Crippen molar-refractivity contribution < 1.29 is 73.8 Å². The molecular formula is C14H34N2O15S. The van der Waals surface area contributed by atoms with Crippen LogP contribution in [0.5, 0.6) is 0 Å². The molecular weight excluding hydrogens is 468 g/mol. The molecule has 2 aliphatic heterocycles. The second-order valence-corrected chi connectivity index (χ2v) is 7.74. The Hall–Kier alpha value is -0.940. The van der Waals surface area contributed by atoms with Crippen molar-refractivity contribution in [2.24, 2.45) is 0 Å². The third kappa shape index (κ3) is 7.28. The lowest BCUT2D eigenvalue weighted by Crippen LogP contribution is -2.77. The largest absolute Gasteiger partial charge is 0.412 e. The number of ketones is 1. The molecule has 3 aliphatic rings. The molecule has 3 fully saturated rings. The smallest absolute Gasteiger partial charge is 0.394 e. The first-order valence-corrected chi connectivity index (χ1v) is 9.88. The summed E-state index contributed by atoms with van der Waals surface area (Å²) >= 11 is 0. The lowest BCUT2D eigenvalue weighted by Gasteiger charge is -2.55. The molecule has 18 heteroatoms. The van der Waals surface area contributed by atoms with Crippen molar-refractivity contribution in [2.45, 2.75) is 68.0 Å². The van der Waals surface area contributed by atoms with Crippen LogP contribution in [0.3, 0.4) is 0 Å². The van der Waals surface area contributed by atoms with Crippen molar-refractivity contribution in [2.75, 3.05) is 14.1 Å². The van der Waals surface area contributed by atoms with Gasteiger partial charge in [-0.1, -0.05) is 0 Å². The minimum atomic E-state index is -4.67. The lowest BCUT2D eigenvalue weighted by molar-refractivity contribution is -0.420. The van der Waals surface area contributed by atoms with E-state index in [0.717, 1.165) is 0 Å². The molecule has 0 amide bonds. The van der Waals surface area contributed by atoms with E-state index in [0.29, 0.717) is 0 Å². The van der Waals surface area contributed by atoms with Crippen molar-refractivity contribution >= 4 is 16.2 Å². The highest BCUT2D eigenvalue weighted by Gasteiger charge is 2.63. The van der Waals surface area contributed by atoms with E-state index >= 15 is 0 Å². The van der Waals surface area contributed by atoms with Crippen molar-refractivity contribution in [1.82, 2.24) is 10.6 Å². The topological polar surface area (TPSA) is 330 Å². The van der Waals surface area contributed by atoms with Gasteiger partial charge in [0.15, 0.2) is 5.78 Å². The van der Waals surface area contributed by atoms with Crippen LogP contribution in [0.15, 0.2) is 0 Å². The van der Waals surface area contributed by atoms with E-state index in [4.69, 9.17) is 31.7 Å². The average molecular weight is 502 g/mol. The van der Waals surface area contributed by atoms with Crippen LogP contribution >= 0.6 is 0 Å². The van der Waals surface area contributed by atoms with E-state index in [1.165, 1.54) is 0 Å². The van der Waals surface area contributed by atoms with Gasteiger partial charge in [0.25, 0.3) is 5.79 Å². The highest BCUT2D eigenvalue weighted by Crippen LogP contribution is 2.40. The Morgan fingerprint density at radius 2 is 1.41 bits per heavy atom. The number of hydrogen-bond acceptors (Lipinski definition) is 11. The SMILES string of the molecule is CN[C@@H]1[C@H](O)[C@H](NC)[C@H]2O[C@]3(O)C(=O)C[C@@H](C)O[C@H]3O[C@@H]2[C@H]1O.O.O.O.O.O=S(=O)(O)O. The van der Waals surface area contributed by atoms with Crippen LogP contribution in [0.25, 0.3) is 0 Å². The molecule has 196 valence electrons. The summed E-state index contributed by atoms with van der Waals surface area (Å²) in [5.41, 5.74) is 0. The van der Waals surface area contributed by atoms with Crippen LogP contribution in [0.1, 0.15) is 13.3 Å². The van der Waals surface area contributed by atoms with Crippen LogP contribution in [-0.2, 0) is 29.4 Å². The number of hydrogen-bond donors (Lipinski definition) is 7. The van der Waals surface area contributed by atoms with Crippen LogP contribution in [-0.4, -0.2) is 129 Å². The first-order valence-electron chi connectivity index (χ1n) is 8.48. The fraction of sp³-hybridized carbons (Fsp3) is 0.929. The van der Waals surface area contributed by atoms with Gasteiger partial charge < -0.3 is 62.1 Å². The van der Waals surface area contributed by atoms with Gasteiger partial charge >= 0.3 is 10.4 Å². The standard InChI is InChI=1S/C14H24N2O7.H2O4S.4H2O/c1-5-4-6(17)14(20)13(21-5)22-12-10(19)7(15-2)9(18)8(16-3)11(12)23-14;1-5(2,3)4;;;;/h5,7-13,15-16,18-20H,4H2,1-3H3;(H2,1,2,3,4);4*1H2/t5-,7-,8+,9+,10+,11-,12-,13+,14-;;;;;/m1...../s1. The Morgan fingerprint density at radius 1 is 0.938 bits per heavy atom. The molecule has 0 spiro atoms. The number of aliphatic hydroxyl groups is 3. The Kier molecular flexibility index (Phi) is 14.6. The third-order valence-corrected chi connectivity index (χ3v) is 4.93. The highest BCUT2D eigenvalue weighted by atomic mass is 32.3. The van der Waals surface area contributed by atoms with Crippen LogP contribution in [0.4, 0.5) is 0 Å². The van der Waals surface area contributed by atoms with Crippen molar-refractivity contribution in [3.8, 4) is 0 Å². The van der Waals surface area contributed by atoms with Gasteiger partial charge in [-0.2, -0.15) is 8.42 Å². The summed E-state index contributed by atoms with van der Waals surface area (Å²) in [6.45, 7) is 1.70. The maximum absolute atomic E-state index is 12.2. The molecule has 1 aliphatic carbocycles. The minimum Gasteiger partial charge on any atom is -0.412 e. The van der Waals surface area contributed by atoms with Crippen LogP contribution < -0.4 is 10.6 Å². The Labute approximate surface area is 183 Å². The first-order chi connectivity index (χ1) is 12.8. The van der Waals surface area contributed by atoms with E-state index in [9.17, 15) is 20.1 Å². The summed E-state index contributed by atoms with van der Waals surface area (Å²) in [6, 6.07) is -1.29. The number of nitrogens with one attached hydrogen (secondary N) is 2. The number of carbonyl (C=O) groups excluding carboxylic acids is 1. The highest BCUT2D eigenvalue weighted by molar-refractivity contribution is 7.79. The predicted octanol–water partition coefficient (Wildman–Crippen LogP) is -6.88. The molecule has 15 N–H and O–H groups in total. The molecule has 17 nitrogen and oxygen atoms in total. The number of fused-ring (bicyclic) bond motifs is 2. The normalized spacial score (nSPS) is 40.3. The third-order valence-electron chi connectivity index (χ3n) is 4.93. The number of carbonyl (C=O) groups is 1. The van der Waals surface area contributed by atoms with E-state index in [1.807, 2.05) is 0 Å². The molecule has 0 aromatic carbocycles. The predicted molar refractivity (Wildman–Crippen MR) is 105 cm³/mol. The summed E-state index contributed by atoms with van der Waals surface area (Å²) in [6.07, 6.45) is -5.58. The Morgan fingerprint density at radius 3 is 1.84 bits per heavy atom. The quantitative estimate of drug-likeness (QED) is 0.173. The average Bonchev–Trinajstić information content (AvgIpc) is 2.55. The van der Waals surface area contributed by atoms with E-state index in [-0.39, 0.29) is 28.3 Å². The molecule has 0 unspecified atom stereocenters. The van der Waals surface area contributed by atoms with Crippen LogP contribution in [0, 0.1) is 0 Å². The van der Waals surface area contributed by atoms with Gasteiger partial charge in [-0.3, -0.25) is 13.9 Å². The van der Waals surface area contributed by atoms with Crippen molar-refractivity contribution in [3.05, 3.63) is 0 Å². The van der Waals surface area contributed by atoms with E-state index in [2.05, 4.69) is 10.6 Å². The number of Topliss-reactive ketones (excluding diaryl/α,β-unsaturated/α-hetero) is 1. The molecule has 32 heavy (non-hydrogen) atoms. The van der Waals surface area contributed by atoms with Gasteiger partial charge in [0.1, 0.15) is 18.3 Å². The Balaban J connectivity index is -0.000000849. The molecule has 2 saturated heterocycles. The summed E-state index contributed by atoms with van der Waals surface area (Å²) in [5.74, 6) is -2.76. The molecule has 9 atom stereocenters. The number of rotatable bonds is 2. The molecule has 2 heterocycles. The second kappa shape index (κ2) is 13.1. The van der Waals surface area contributed by atoms with Gasteiger partial charge in [0, 0.05) is 6.42 Å². The zero-order valence-corrected chi connectivity index (χ0v) is 18.2. The van der Waals surface area contributed by atoms with E-state index < -0.39 is 70.9 Å². The summed E-state index contributed by atoms with van der Waals surface area (Å²) in [5, 5.41) is 37.2. The molecule has 1 saturated carbocycles. The second-order valence-electron chi connectivity index (χ2n) is 6.84. The fourth-order valence-electron chi connectivity index (χ4n) is 3.68. The maximum atomic E-state index is 12.2. The molecule has 3 rings (SSSR count). The number of ether oxygens (including phenoxy) is 3. The fourth-order valence-corrected chi connectivity index (χ4v) is 3.68. The molecule has 0 bridgehead atoms. The zero-order chi connectivity index (χ0) is 21.4. The van der Waals surface area contributed by atoms with Gasteiger partial charge in [0.2, 0.25) is 6.29 Å². The molecule has 0 radical (unpaired) electrons. The minimum absolute atomic E-state index is 0. The van der Waals surface area contributed by atoms with E-state index in [1.54, 1.807) is 21.0 Å². The summed E-state index contributed by atoms with van der Waals surface area (Å²) in [7, 11) is -1.43. The number of likely N-dealkylation sites (N-methyl/N-ethyl adjacent to an activating group) is 2. The first kappa shape index (κ1) is 35.6. The molecule has 0 aromatic heterocycles. The van der Waals surface area contributed by atoms with Gasteiger partial charge in [-0.25, -0.2) is 0 Å². The summed E-state index contributed by atoms with van der Waals surface area (Å²) < 4.78 is 48.4. The van der Waals surface area contributed by atoms with Crippen LogP contribution in [0.2, 0.25) is 0 Å². The number of aliphatic hydroxyl groups excluding tert-OH is 2. The molecule has 0 aromatic rings. The van der Waals surface area contributed by atoms with Gasteiger partial charge in [0.05, 0.1) is 24.3 Å². The monoisotopic (exact) mass is 502 g/mol. The van der Waals surface area contributed by atoms with Gasteiger partial charge in [-0.05, 0) is 21.0 Å². The van der Waals surface area contributed by atoms with Gasteiger partial charge in [-0.15, -0.1) is 0 Å². The lowest BCUT2D eigenvalue weighted by atomic mass is 9.80. The van der Waals surface area contributed by atoms with Crippen molar-refractivity contribution in [1.29, 1.82) is 0 Å².